The van der Waals surface area contributed by atoms with Crippen molar-refractivity contribution in [1.29, 1.82) is 0 Å². The average molecular weight is 281 g/mol. The fraction of sp³-hybridized carbons (Fsp3) is 0.857. The summed E-state index contributed by atoms with van der Waals surface area (Å²) >= 11 is 1.44. The second kappa shape index (κ2) is 5.46. The van der Waals surface area contributed by atoms with E-state index in [2.05, 4.69) is 28.3 Å². The summed E-state index contributed by atoms with van der Waals surface area (Å²) in [5, 5.41) is 6.20. The van der Waals surface area contributed by atoms with Crippen LogP contribution in [-0.4, -0.2) is 39.8 Å². The Bertz CT molecular complexity index is 409. The Morgan fingerprint density at radius 2 is 2.47 bits per heavy atom. The Kier molecular flexibility index (Phi) is 3.87. The number of hydrogen-bond acceptors (Lipinski definition) is 5. The number of likely N-dealkylation sites (tertiary alicyclic amines) is 1. The van der Waals surface area contributed by atoms with Gasteiger partial charge in [-0.05, 0) is 49.2 Å². The van der Waals surface area contributed by atoms with Gasteiger partial charge in [0.15, 0.2) is 0 Å². The van der Waals surface area contributed by atoms with Gasteiger partial charge in [-0.15, -0.1) is 5.10 Å². The van der Waals surface area contributed by atoms with Gasteiger partial charge in [0.2, 0.25) is 0 Å². The van der Waals surface area contributed by atoms with Crippen LogP contribution in [0.1, 0.15) is 38.8 Å². The van der Waals surface area contributed by atoms with Gasteiger partial charge in [-0.2, -0.15) is 0 Å². The monoisotopic (exact) mass is 281 g/mol. The van der Waals surface area contributed by atoms with Gasteiger partial charge in [0.1, 0.15) is 0 Å². The van der Waals surface area contributed by atoms with Gasteiger partial charge in [-0.25, -0.2) is 0 Å². The Hall–Kier alpha value is -0.520. The van der Waals surface area contributed by atoms with Crippen LogP contribution >= 0.6 is 11.5 Å². The molecule has 2 fully saturated rings. The molecule has 0 bridgehead atoms. The molecule has 2 aliphatic heterocycles. The van der Waals surface area contributed by atoms with Crippen molar-refractivity contribution in [3.8, 4) is 0 Å². The number of nitrogens with zero attached hydrogens (tertiary/aromatic N) is 3. The molecule has 1 aromatic rings. The quantitative estimate of drug-likeness (QED) is 0.853. The third-order valence-electron chi connectivity index (χ3n) is 4.59. The predicted molar refractivity (Wildman–Crippen MR) is 76.0 cm³/mol. The first-order chi connectivity index (χ1) is 9.17. The zero-order chi connectivity index (χ0) is 13.3. The van der Waals surface area contributed by atoms with Crippen molar-refractivity contribution in [2.75, 3.05) is 19.7 Å². The third kappa shape index (κ3) is 2.98. The van der Waals surface area contributed by atoms with E-state index in [1.807, 2.05) is 5.38 Å². The molecule has 2 aliphatic rings. The standard InChI is InChI=1S/C14H23N3OS/c1-11(2)12-6-14(18-8-12)4-3-5-17(10-14)7-13-9-19-16-15-13/h9,11-12H,3-8,10H2,1-2H3/t12-,14-/m1/s1. The molecule has 3 heterocycles. The molecule has 4 nitrogen and oxygen atoms in total. The van der Waals surface area contributed by atoms with Crippen molar-refractivity contribution >= 4 is 11.5 Å². The third-order valence-corrected chi connectivity index (χ3v) is 5.14. The highest BCUT2D eigenvalue weighted by atomic mass is 32.1. The lowest BCUT2D eigenvalue weighted by atomic mass is 9.83. The SMILES string of the molecule is CC(C)[C@H]1CO[C@]2(CCCN(Cc3csnn3)C2)C1. The van der Waals surface area contributed by atoms with Crippen LogP contribution in [-0.2, 0) is 11.3 Å². The predicted octanol–water partition coefficient (Wildman–Crippen LogP) is 2.57. The summed E-state index contributed by atoms with van der Waals surface area (Å²) in [7, 11) is 0. The van der Waals surface area contributed by atoms with E-state index in [1.165, 1.54) is 30.8 Å². The zero-order valence-electron chi connectivity index (χ0n) is 11.8. The largest absolute Gasteiger partial charge is 0.373 e. The van der Waals surface area contributed by atoms with Crippen molar-refractivity contribution in [2.24, 2.45) is 11.8 Å². The normalized spacial score (nSPS) is 32.5. The van der Waals surface area contributed by atoms with Crippen LogP contribution in [0.2, 0.25) is 0 Å². The molecule has 106 valence electrons. The summed E-state index contributed by atoms with van der Waals surface area (Å²) in [4.78, 5) is 2.49. The van der Waals surface area contributed by atoms with Gasteiger partial charge in [-0.3, -0.25) is 4.90 Å². The molecule has 2 saturated heterocycles. The molecular formula is C14H23N3OS. The smallest absolute Gasteiger partial charge is 0.0895 e. The van der Waals surface area contributed by atoms with Crippen molar-refractivity contribution in [2.45, 2.75) is 45.3 Å². The molecule has 0 saturated carbocycles. The molecule has 3 rings (SSSR count). The summed E-state index contributed by atoms with van der Waals surface area (Å²) in [6.07, 6.45) is 3.70. The topological polar surface area (TPSA) is 38.2 Å². The van der Waals surface area contributed by atoms with Crippen LogP contribution in [0.15, 0.2) is 5.38 Å². The second-order valence-electron chi connectivity index (χ2n) is 6.41. The van der Waals surface area contributed by atoms with Gasteiger partial charge in [0, 0.05) is 18.5 Å². The molecule has 0 N–H and O–H groups in total. The maximum Gasteiger partial charge on any atom is 0.0895 e. The number of aromatic nitrogens is 2. The van der Waals surface area contributed by atoms with Crippen LogP contribution in [0.25, 0.3) is 0 Å². The van der Waals surface area contributed by atoms with Gasteiger partial charge >= 0.3 is 0 Å². The summed E-state index contributed by atoms with van der Waals surface area (Å²) in [6, 6.07) is 0. The second-order valence-corrected chi connectivity index (χ2v) is 7.02. The molecule has 1 spiro atoms. The van der Waals surface area contributed by atoms with E-state index in [9.17, 15) is 0 Å². The molecule has 2 atom stereocenters. The highest BCUT2D eigenvalue weighted by molar-refractivity contribution is 7.03. The number of hydrogen-bond donors (Lipinski definition) is 0. The first-order valence-corrected chi connectivity index (χ1v) is 8.13. The van der Waals surface area contributed by atoms with Gasteiger partial charge < -0.3 is 4.74 Å². The van der Waals surface area contributed by atoms with E-state index in [4.69, 9.17) is 4.74 Å². The average Bonchev–Trinajstić information content (AvgIpc) is 3.00. The lowest BCUT2D eigenvalue weighted by molar-refractivity contribution is -0.0538. The van der Waals surface area contributed by atoms with Crippen molar-refractivity contribution in [1.82, 2.24) is 14.5 Å². The van der Waals surface area contributed by atoms with Crippen LogP contribution in [0.4, 0.5) is 0 Å². The maximum atomic E-state index is 6.23. The van der Waals surface area contributed by atoms with Crippen LogP contribution in [0, 0.1) is 11.8 Å². The van der Waals surface area contributed by atoms with Gasteiger partial charge in [0.25, 0.3) is 0 Å². The van der Waals surface area contributed by atoms with E-state index in [1.54, 1.807) is 0 Å². The summed E-state index contributed by atoms with van der Waals surface area (Å²) in [5.74, 6) is 1.47. The maximum absolute atomic E-state index is 6.23. The minimum absolute atomic E-state index is 0.122. The van der Waals surface area contributed by atoms with Crippen molar-refractivity contribution in [3.63, 3.8) is 0 Å². The van der Waals surface area contributed by atoms with E-state index < -0.39 is 0 Å². The molecule has 5 heteroatoms. The van der Waals surface area contributed by atoms with Crippen molar-refractivity contribution in [3.05, 3.63) is 11.1 Å². The van der Waals surface area contributed by atoms with Crippen LogP contribution < -0.4 is 0 Å². The lowest BCUT2D eigenvalue weighted by Gasteiger charge is -2.39. The Labute approximate surface area is 119 Å². The minimum Gasteiger partial charge on any atom is -0.373 e. The van der Waals surface area contributed by atoms with E-state index in [0.29, 0.717) is 0 Å². The highest BCUT2D eigenvalue weighted by Crippen LogP contribution is 2.40. The Balaban J connectivity index is 1.62. The lowest BCUT2D eigenvalue weighted by Crippen LogP contribution is -2.47. The molecule has 0 aromatic carbocycles. The molecular weight excluding hydrogens is 258 g/mol. The van der Waals surface area contributed by atoms with E-state index in [0.717, 1.165) is 43.8 Å². The Morgan fingerprint density at radius 3 is 3.16 bits per heavy atom. The first kappa shape index (κ1) is 13.5. The van der Waals surface area contributed by atoms with Gasteiger partial charge in [0.05, 0.1) is 17.9 Å². The summed E-state index contributed by atoms with van der Waals surface area (Å²) in [5.41, 5.74) is 1.22. The van der Waals surface area contributed by atoms with E-state index in [-0.39, 0.29) is 5.60 Å². The summed E-state index contributed by atoms with van der Waals surface area (Å²) < 4.78 is 10.2. The molecule has 0 unspecified atom stereocenters. The molecule has 19 heavy (non-hydrogen) atoms. The number of ether oxygens (including phenoxy) is 1. The van der Waals surface area contributed by atoms with E-state index >= 15 is 0 Å². The zero-order valence-corrected chi connectivity index (χ0v) is 12.7. The van der Waals surface area contributed by atoms with Crippen LogP contribution in [0.5, 0.6) is 0 Å². The highest BCUT2D eigenvalue weighted by Gasteiger charge is 2.44. The fourth-order valence-corrected chi connectivity index (χ4v) is 3.84. The molecule has 0 aliphatic carbocycles. The first-order valence-electron chi connectivity index (χ1n) is 7.29. The summed E-state index contributed by atoms with van der Waals surface area (Å²) in [6.45, 7) is 8.73. The molecule has 0 radical (unpaired) electrons. The minimum atomic E-state index is 0.122. The number of piperidine rings is 1. The van der Waals surface area contributed by atoms with Gasteiger partial charge in [-0.1, -0.05) is 18.3 Å². The number of rotatable bonds is 3. The molecule has 0 amide bonds. The van der Waals surface area contributed by atoms with Crippen molar-refractivity contribution < 1.29 is 4.74 Å². The Morgan fingerprint density at radius 1 is 1.58 bits per heavy atom. The molecule has 1 aromatic heterocycles. The van der Waals surface area contributed by atoms with Crippen LogP contribution in [0.3, 0.4) is 0 Å². The fourth-order valence-electron chi connectivity index (χ4n) is 3.40.